The first kappa shape index (κ1) is 13.9. The molecule has 3 nitrogen and oxygen atoms in total. The van der Waals surface area contributed by atoms with Gasteiger partial charge in [0.25, 0.3) is 0 Å². The van der Waals surface area contributed by atoms with Crippen molar-refractivity contribution >= 4 is 0 Å². The molecular weight excluding hydrogens is 248 g/mol. The molecule has 0 spiro atoms. The third-order valence-electron chi connectivity index (χ3n) is 4.98. The highest BCUT2D eigenvalue weighted by molar-refractivity contribution is 5.38. The molecule has 3 unspecified atom stereocenters. The molecular formula is C17H26N2O. The fourth-order valence-corrected chi connectivity index (χ4v) is 3.78. The Bertz CT molecular complexity index is 448. The quantitative estimate of drug-likeness (QED) is 0.921. The highest BCUT2D eigenvalue weighted by Crippen LogP contribution is 2.35. The van der Waals surface area contributed by atoms with E-state index in [-0.39, 0.29) is 0 Å². The second-order valence-corrected chi connectivity index (χ2v) is 6.24. The minimum absolute atomic E-state index is 0.564. The Hall–Kier alpha value is -1.06. The van der Waals surface area contributed by atoms with Gasteiger partial charge in [0.05, 0.1) is 6.61 Å². The first-order valence-corrected chi connectivity index (χ1v) is 7.97. The van der Waals surface area contributed by atoms with Gasteiger partial charge in [-0.25, -0.2) is 0 Å². The zero-order valence-electron chi connectivity index (χ0n) is 12.4. The molecule has 0 aliphatic carbocycles. The molecule has 3 heteroatoms. The first-order chi connectivity index (χ1) is 9.79. The van der Waals surface area contributed by atoms with Crippen molar-refractivity contribution in [1.82, 2.24) is 4.90 Å². The van der Waals surface area contributed by atoms with Gasteiger partial charge in [-0.1, -0.05) is 24.6 Å². The molecule has 1 fully saturated rings. The van der Waals surface area contributed by atoms with Gasteiger partial charge in [-0.3, -0.25) is 4.90 Å². The summed E-state index contributed by atoms with van der Waals surface area (Å²) in [5.74, 6) is 1.67. The molecule has 2 aliphatic rings. The second kappa shape index (κ2) is 6.15. The molecule has 0 amide bonds. The summed E-state index contributed by atoms with van der Waals surface area (Å²) < 4.78 is 5.78. The van der Waals surface area contributed by atoms with Crippen molar-refractivity contribution in [2.45, 2.75) is 50.6 Å². The average molecular weight is 274 g/mol. The van der Waals surface area contributed by atoms with E-state index in [1.165, 1.54) is 24.8 Å². The lowest BCUT2D eigenvalue weighted by molar-refractivity contribution is 0.0828. The van der Waals surface area contributed by atoms with E-state index in [0.717, 1.165) is 31.9 Å². The van der Waals surface area contributed by atoms with Gasteiger partial charge in [-0.05, 0) is 37.8 Å². The monoisotopic (exact) mass is 274 g/mol. The number of hydrogen-bond acceptors (Lipinski definition) is 3. The number of nitrogens with zero attached hydrogens (tertiary/aromatic N) is 1. The number of likely N-dealkylation sites (tertiary alicyclic amines) is 1. The lowest BCUT2D eigenvalue weighted by Gasteiger charge is -2.43. The summed E-state index contributed by atoms with van der Waals surface area (Å²) >= 11 is 0. The van der Waals surface area contributed by atoms with Gasteiger partial charge >= 0.3 is 0 Å². The van der Waals surface area contributed by atoms with Crippen LogP contribution in [0.5, 0.6) is 5.75 Å². The fraction of sp³-hybridized carbons (Fsp3) is 0.647. The van der Waals surface area contributed by atoms with Crippen molar-refractivity contribution in [2.75, 3.05) is 19.7 Å². The Balaban J connectivity index is 1.77. The molecule has 3 atom stereocenters. The van der Waals surface area contributed by atoms with Crippen LogP contribution in [0.25, 0.3) is 0 Å². The van der Waals surface area contributed by atoms with Crippen molar-refractivity contribution in [1.29, 1.82) is 0 Å². The zero-order chi connectivity index (χ0) is 13.9. The van der Waals surface area contributed by atoms with Crippen LogP contribution in [0, 0.1) is 0 Å². The van der Waals surface area contributed by atoms with E-state index in [1.807, 2.05) is 0 Å². The van der Waals surface area contributed by atoms with Crippen LogP contribution < -0.4 is 10.5 Å². The molecule has 0 bridgehead atoms. The Labute approximate surface area is 122 Å². The number of ether oxygens (including phenoxy) is 1. The van der Waals surface area contributed by atoms with E-state index in [9.17, 15) is 0 Å². The van der Waals surface area contributed by atoms with E-state index < -0.39 is 0 Å². The number of nitrogens with two attached hydrogens (primary N) is 1. The number of para-hydroxylation sites is 1. The molecule has 0 aromatic heterocycles. The fourth-order valence-electron chi connectivity index (χ4n) is 3.78. The van der Waals surface area contributed by atoms with Gasteiger partial charge in [0.1, 0.15) is 5.75 Å². The second-order valence-electron chi connectivity index (χ2n) is 6.24. The van der Waals surface area contributed by atoms with Crippen LogP contribution >= 0.6 is 0 Å². The van der Waals surface area contributed by atoms with Gasteiger partial charge in [-0.2, -0.15) is 0 Å². The van der Waals surface area contributed by atoms with Crippen molar-refractivity contribution in [3.05, 3.63) is 29.8 Å². The average Bonchev–Trinajstić information content (AvgIpc) is 2.49. The third kappa shape index (κ3) is 2.70. The molecule has 20 heavy (non-hydrogen) atoms. The predicted molar refractivity (Wildman–Crippen MR) is 82.2 cm³/mol. The van der Waals surface area contributed by atoms with Crippen LogP contribution in [0.15, 0.2) is 24.3 Å². The maximum absolute atomic E-state index is 5.99. The van der Waals surface area contributed by atoms with Crippen molar-refractivity contribution in [3.8, 4) is 5.75 Å². The van der Waals surface area contributed by atoms with Crippen molar-refractivity contribution < 1.29 is 4.74 Å². The zero-order valence-corrected chi connectivity index (χ0v) is 12.4. The lowest BCUT2D eigenvalue weighted by atomic mass is 9.89. The summed E-state index contributed by atoms with van der Waals surface area (Å²) in [5, 5.41) is 0. The van der Waals surface area contributed by atoms with E-state index >= 15 is 0 Å². The number of benzene rings is 1. The molecule has 110 valence electrons. The van der Waals surface area contributed by atoms with Crippen LogP contribution in [0.1, 0.15) is 44.1 Å². The predicted octanol–water partition coefficient (Wildman–Crippen LogP) is 2.75. The Morgan fingerprint density at radius 1 is 1.25 bits per heavy atom. The van der Waals surface area contributed by atoms with Crippen LogP contribution in [-0.4, -0.2) is 36.7 Å². The molecule has 2 heterocycles. The Morgan fingerprint density at radius 3 is 2.95 bits per heavy atom. The Morgan fingerprint density at radius 2 is 2.10 bits per heavy atom. The van der Waals surface area contributed by atoms with Gasteiger partial charge in [-0.15, -0.1) is 0 Å². The van der Waals surface area contributed by atoms with E-state index in [1.54, 1.807) is 0 Å². The summed E-state index contributed by atoms with van der Waals surface area (Å²) in [6.07, 6.45) is 5.01. The highest BCUT2D eigenvalue weighted by Gasteiger charge is 2.31. The third-order valence-corrected chi connectivity index (χ3v) is 4.98. The molecule has 0 radical (unpaired) electrons. The van der Waals surface area contributed by atoms with Gasteiger partial charge in [0, 0.05) is 31.1 Å². The first-order valence-electron chi connectivity index (χ1n) is 7.97. The summed E-state index contributed by atoms with van der Waals surface area (Å²) in [7, 11) is 0. The van der Waals surface area contributed by atoms with Crippen LogP contribution in [0.3, 0.4) is 0 Å². The summed E-state index contributed by atoms with van der Waals surface area (Å²) in [6.45, 7) is 5.11. The van der Waals surface area contributed by atoms with Crippen LogP contribution in [0.2, 0.25) is 0 Å². The number of fused-ring (bicyclic) bond motifs is 1. The van der Waals surface area contributed by atoms with E-state index in [4.69, 9.17) is 10.5 Å². The molecule has 0 saturated carbocycles. The molecule has 1 aromatic carbocycles. The molecule has 3 rings (SSSR count). The highest BCUT2D eigenvalue weighted by atomic mass is 16.5. The largest absolute Gasteiger partial charge is 0.493 e. The standard InChI is InChI=1S/C17H26N2O/c1-13-5-4-6-15(11-18)19(13)12-14-9-10-20-17-8-3-2-7-16(14)17/h2-3,7-8,13-15H,4-6,9-12,18H2,1H3. The number of piperidine rings is 1. The maximum atomic E-state index is 5.99. The minimum Gasteiger partial charge on any atom is -0.493 e. The van der Waals surface area contributed by atoms with Crippen molar-refractivity contribution in [2.24, 2.45) is 5.73 Å². The number of rotatable bonds is 3. The van der Waals surface area contributed by atoms with Gasteiger partial charge in [0.15, 0.2) is 0 Å². The SMILES string of the molecule is CC1CCCC(CN)N1CC1CCOc2ccccc21. The van der Waals surface area contributed by atoms with Crippen molar-refractivity contribution in [3.63, 3.8) is 0 Å². The molecule has 1 aromatic rings. The number of hydrogen-bond donors (Lipinski definition) is 1. The van der Waals surface area contributed by atoms with E-state index in [2.05, 4.69) is 36.1 Å². The summed E-state index contributed by atoms with van der Waals surface area (Å²) in [4.78, 5) is 2.65. The Kier molecular flexibility index (Phi) is 4.27. The van der Waals surface area contributed by atoms with Crippen LogP contribution in [0.4, 0.5) is 0 Å². The minimum atomic E-state index is 0.564. The summed E-state index contributed by atoms with van der Waals surface area (Å²) in [5.41, 5.74) is 7.37. The normalized spacial score (nSPS) is 30.6. The molecule has 1 saturated heterocycles. The molecule has 2 aliphatic heterocycles. The lowest BCUT2D eigenvalue weighted by Crippen LogP contribution is -2.50. The molecule has 2 N–H and O–H groups in total. The topological polar surface area (TPSA) is 38.5 Å². The van der Waals surface area contributed by atoms with Crippen LogP contribution in [-0.2, 0) is 0 Å². The summed E-state index contributed by atoms with van der Waals surface area (Å²) in [6, 6.07) is 9.74. The van der Waals surface area contributed by atoms with E-state index in [0.29, 0.717) is 18.0 Å². The maximum Gasteiger partial charge on any atom is 0.122 e. The van der Waals surface area contributed by atoms with Gasteiger partial charge in [0.2, 0.25) is 0 Å². The smallest absolute Gasteiger partial charge is 0.122 e. The van der Waals surface area contributed by atoms with Gasteiger partial charge < -0.3 is 10.5 Å².